The second-order valence-corrected chi connectivity index (χ2v) is 7.24. The van der Waals surface area contributed by atoms with Gasteiger partial charge in [0.25, 0.3) is 0 Å². The molecule has 5 nitrogen and oxygen atoms in total. The number of hydrogen-bond donors (Lipinski definition) is 2. The van der Waals surface area contributed by atoms with Crippen LogP contribution in [0.4, 0.5) is 0 Å². The van der Waals surface area contributed by atoms with E-state index in [1.165, 1.54) is 0 Å². The summed E-state index contributed by atoms with van der Waals surface area (Å²) in [7, 11) is 1.65. The van der Waals surface area contributed by atoms with Gasteiger partial charge >= 0.3 is 0 Å². The lowest BCUT2D eigenvalue weighted by atomic mass is 10.0. The number of aromatic amines is 1. The summed E-state index contributed by atoms with van der Waals surface area (Å²) in [6, 6.07) is 15.7. The quantitative estimate of drug-likeness (QED) is 0.621. The molecule has 0 radical (unpaired) electrons. The standard InChI is InChI=1S/C22H27N3O2/c1-15(2)14-20(22-24-18-6-4-5-7-19(18)25-22)23-21(26)13-10-16-8-11-17(27-3)12-9-16/h4-9,11-12,15,20H,10,13-14H2,1-3H3,(H,23,26)(H,24,25)/t20-/m1/s1. The van der Waals surface area contributed by atoms with Gasteiger partial charge in [-0.3, -0.25) is 4.79 Å². The summed E-state index contributed by atoms with van der Waals surface area (Å²) >= 11 is 0. The molecule has 1 atom stereocenters. The van der Waals surface area contributed by atoms with Crippen LogP contribution < -0.4 is 10.1 Å². The fraction of sp³-hybridized carbons (Fsp3) is 0.364. The van der Waals surface area contributed by atoms with E-state index in [0.717, 1.165) is 34.6 Å². The molecule has 5 heteroatoms. The molecule has 1 heterocycles. The number of benzene rings is 2. The molecule has 3 rings (SSSR count). The topological polar surface area (TPSA) is 67.0 Å². The molecule has 1 amide bonds. The number of imidazole rings is 1. The van der Waals surface area contributed by atoms with Gasteiger partial charge in [0.15, 0.2) is 0 Å². The molecule has 0 aliphatic heterocycles. The number of nitrogens with one attached hydrogen (secondary N) is 2. The second-order valence-electron chi connectivity index (χ2n) is 7.24. The van der Waals surface area contributed by atoms with Gasteiger partial charge in [-0.1, -0.05) is 38.1 Å². The molecule has 2 N–H and O–H groups in total. The van der Waals surface area contributed by atoms with Crippen molar-refractivity contribution in [2.45, 2.75) is 39.2 Å². The lowest BCUT2D eigenvalue weighted by Crippen LogP contribution is -2.30. The van der Waals surface area contributed by atoms with E-state index in [0.29, 0.717) is 18.8 Å². The van der Waals surface area contributed by atoms with Gasteiger partial charge in [0.1, 0.15) is 11.6 Å². The predicted octanol–water partition coefficient (Wildman–Crippen LogP) is 4.41. The maximum atomic E-state index is 12.5. The van der Waals surface area contributed by atoms with Crippen LogP contribution in [0, 0.1) is 5.92 Å². The summed E-state index contributed by atoms with van der Waals surface area (Å²) in [6.07, 6.45) is 1.99. The summed E-state index contributed by atoms with van der Waals surface area (Å²) in [4.78, 5) is 20.6. The van der Waals surface area contributed by atoms with Crippen LogP contribution in [-0.4, -0.2) is 23.0 Å². The zero-order valence-corrected chi connectivity index (χ0v) is 16.2. The van der Waals surface area contributed by atoms with Crippen LogP contribution in [-0.2, 0) is 11.2 Å². The minimum absolute atomic E-state index is 0.0388. The van der Waals surface area contributed by atoms with Crippen molar-refractivity contribution < 1.29 is 9.53 Å². The maximum Gasteiger partial charge on any atom is 0.220 e. The molecule has 3 aromatic rings. The average Bonchev–Trinajstić information content (AvgIpc) is 3.10. The monoisotopic (exact) mass is 365 g/mol. The van der Waals surface area contributed by atoms with E-state index in [2.05, 4.69) is 29.1 Å². The van der Waals surface area contributed by atoms with Crippen LogP contribution in [0.15, 0.2) is 48.5 Å². The molecule has 142 valence electrons. The zero-order chi connectivity index (χ0) is 19.2. The Labute approximate surface area is 160 Å². The van der Waals surface area contributed by atoms with E-state index in [1.54, 1.807) is 7.11 Å². The van der Waals surface area contributed by atoms with E-state index in [-0.39, 0.29) is 11.9 Å². The fourth-order valence-electron chi connectivity index (χ4n) is 3.16. The molecule has 0 unspecified atom stereocenters. The average molecular weight is 365 g/mol. The van der Waals surface area contributed by atoms with Gasteiger partial charge in [0, 0.05) is 6.42 Å². The molecule has 1 aromatic heterocycles. The summed E-state index contributed by atoms with van der Waals surface area (Å²) in [5.41, 5.74) is 3.04. The molecule has 0 saturated carbocycles. The predicted molar refractivity (Wildman–Crippen MR) is 108 cm³/mol. The molecule has 0 fully saturated rings. The summed E-state index contributed by atoms with van der Waals surface area (Å²) in [6.45, 7) is 4.30. The molecule has 0 spiro atoms. The number of nitrogens with zero attached hydrogens (tertiary/aromatic N) is 1. The molecule has 0 bridgehead atoms. The first-order valence-corrected chi connectivity index (χ1v) is 9.42. The third-order valence-corrected chi connectivity index (χ3v) is 4.58. The van der Waals surface area contributed by atoms with Crippen molar-refractivity contribution in [3.8, 4) is 5.75 Å². The lowest BCUT2D eigenvalue weighted by molar-refractivity contribution is -0.122. The molecule has 2 aromatic carbocycles. The van der Waals surface area contributed by atoms with Crippen molar-refractivity contribution in [3.05, 3.63) is 59.9 Å². The van der Waals surface area contributed by atoms with Crippen molar-refractivity contribution in [2.75, 3.05) is 7.11 Å². The highest BCUT2D eigenvalue weighted by Crippen LogP contribution is 2.22. The minimum atomic E-state index is -0.110. The third kappa shape index (κ3) is 5.09. The number of amides is 1. The minimum Gasteiger partial charge on any atom is -0.497 e. The van der Waals surface area contributed by atoms with Crippen LogP contribution in [0.1, 0.15) is 44.1 Å². The first kappa shape index (κ1) is 19.0. The molecular formula is C22H27N3O2. The number of H-pyrrole nitrogens is 1. The van der Waals surface area contributed by atoms with Crippen LogP contribution in [0.5, 0.6) is 5.75 Å². The fourth-order valence-corrected chi connectivity index (χ4v) is 3.16. The van der Waals surface area contributed by atoms with Gasteiger partial charge in [0.05, 0.1) is 24.2 Å². The summed E-state index contributed by atoms with van der Waals surface area (Å²) in [5.74, 6) is 2.13. The van der Waals surface area contributed by atoms with Gasteiger partial charge in [0.2, 0.25) is 5.91 Å². The Morgan fingerprint density at radius 1 is 1.15 bits per heavy atom. The number of hydrogen-bond acceptors (Lipinski definition) is 3. The first-order valence-electron chi connectivity index (χ1n) is 9.42. The normalized spacial score (nSPS) is 12.3. The number of ether oxygens (including phenoxy) is 1. The van der Waals surface area contributed by atoms with Crippen molar-refractivity contribution in [2.24, 2.45) is 5.92 Å². The number of aromatic nitrogens is 2. The Balaban J connectivity index is 1.65. The number of carbonyl (C=O) groups is 1. The van der Waals surface area contributed by atoms with Crippen molar-refractivity contribution in [3.63, 3.8) is 0 Å². The van der Waals surface area contributed by atoms with Crippen molar-refractivity contribution in [1.82, 2.24) is 15.3 Å². The summed E-state index contributed by atoms with van der Waals surface area (Å²) in [5, 5.41) is 3.16. The van der Waals surface area contributed by atoms with Gasteiger partial charge in [-0.25, -0.2) is 4.98 Å². The highest BCUT2D eigenvalue weighted by molar-refractivity contribution is 5.77. The largest absolute Gasteiger partial charge is 0.497 e. The van der Waals surface area contributed by atoms with E-state index in [4.69, 9.17) is 4.74 Å². The number of para-hydroxylation sites is 2. The van der Waals surface area contributed by atoms with Crippen LogP contribution in [0.3, 0.4) is 0 Å². The molecule has 0 aliphatic rings. The highest BCUT2D eigenvalue weighted by Gasteiger charge is 2.19. The Kier molecular flexibility index (Phi) is 6.12. The third-order valence-electron chi connectivity index (χ3n) is 4.58. The Hall–Kier alpha value is -2.82. The molecule has 0 saturated heterocycles. The Morgan fingerprint density at radius 2 is 1.89 bits per heavy atom. The van der Waals surface area contributed by atoms with Crippen molar-refractivity contribution >= 4 is 16.9 Å². The zero-order valence-electron chi connectivity index (χ0n) is 16.2. The van der Waals surface area contributed by atoms with E-state index >= 15 is 0 Å². The van der Waals surface area contributed by atoms with Gasteiger partial charge in [-0.05, 0) is 48.6 Å². The van der Waals surface area contributed by atoms with Crippen molar-refractivity contribution in [1.29, 1.82) is 0 Å². The number of fused-ring (bicyclic) bond motifs is 1. The van der Waals surface area contributed by atoms with Gasteiger partial charge in [-0.2, -0.15) is 0 Å². The molecule has 27 heavy (non-hydrogen) atoms. The number of rotatable bonds is 8. The second kappa shape index (κ2) is 8.71. The van der Waals surface area contributed by atoms with Crippen LogP contribution >= 0.6 is 0 Å². The maximum absolute atomic E-state index is 12.5. The molecule has 0 aliphatic carbocycles. The summed E-state index contributed by atoms with van der Waals surface area (Å²) < 4.78 is 5.17. The Bertz CT molecular complexity index is 851. The number of aryl methyl sites for hydroxylation is 1. The van der Waals surface area contributed by atoms with E-state index < -0.39 is 0 Å². The Morgan fingerprint density at radius 3 is 2.56 bits per heavy atom. The number of carbonyl (C=O) groups excluding carboxylic acids is 1. The first-order chi connectivity index (χ1) is 13.0. The SMILES string of the molecule is COc1ccc(CCC(=O)N[C@H](CC(C)C)c2nc3ccccc3[nH]2)cc1. The molecular weight excluding hydrogens is 338 g/mol. The van der Waals surface area contributed by atoms with Crippen LogP contribution in [0.2, 0.25) is 0 Å². The highest BCUT2D eigenvalue weighted by atomic mass is 16.5. The van der Waals surface area contributed by atoms with E-state index in [1.807, 2.05) is 48.5 Å². The lowest BCUT2D eigenvalue weighted by Gasteiger charge is -2.18. The smallest absolute Gasteiger partial charge is 0.220 e. The van der Waals surface area contributed by atoms with Gasteiger partial charge < -0.3 is 15.0 Å². The van der Waals surface area contributed by atoms with Crippen LogP contribution in [0.25, 0.3) is 11.0 Å². The van der Waals surface area contributed by atoms with Gasteiger partial charge in [-0.15, -0.1) is 0 Å². The number of methoxy groups -OCH3 is 1. The van der Waals surface area contributed by atoms with E-state index in [9.17, 15) is 4.79 Å².